The van der Waals surface area contributed by atoms with Crippen molar-refractivity contribution in [2.45, 2.75) is 38.6 Å². The largest absolute Gasteiger partial charge is 0.494 e. The summed E-state index contributed by atoms with van der Waals surface area (Å²) in [7, 11) is 0. The summed E-state index contributed by atoms with van der Waals surface area (Å²) >= 11 is 0. The lowest BCUT2D eigenvalue weighted by Gasteiger charge is -2.40. The average molecular weight is 276 g/mol. The minimum absolute atomic E-state index is 0.575. The first-order chi connectivity index (χ1) is 9.85. The number of hydrogen-bond donors (Lipinski definition) is 1. The van der Waals surface area contributed by atoms with Gasteiger partial charge in [0.2, 0.25) is 0 Å². The molecule has 0 aliphatic carbocycles. The van der Waals surface area contributed by atoms with E-state index in [4.69, 9.17) is 10.5 Å². The molecule has 2 rings (SSSR count). The second-order valence-electron chi connectivity index (χ2n) is 5.66. The van der Waals surface area contributed by atoms with Crippen LogP contribution in [0.5, 0.6) is 5.75 Å². The monoisotopic (exact) mass is 276 g/mol. The minimum atomic E-state index is 0.575. The zero-order chi connectivity index (χ0) is 14.2. The van der Waals surface area contributed by atoms with Crippen LogP contribution < -0.4 is 10.5 Å². The Kier molecular flexibility index (Phi) is 6.34. The standard InChI is InChI=1S/C17H28N2O/c1-2-15-8-6-11-19(17(15)14-18)12-7-13-20-16-9-4-3-5-10-16/h3-5,9-10,15,17H,2,6-8,11-14,18H2,1H3. The first-order valence-corrected chi connectivity index (χ1v) is 7.97. The smallest absolute Gasteiger partial charge is 0.119 e. The van der Waals surface area contributed by atoms with Crippen LogP contribution >= 0.6 is 0 Å². The summed E-state index contributed by atoms with van der Waals surface area (Å²) in [5, 5.41) is 0. The average Bonchev–Trinajstić information content (AvgIpc) is 2.52. The van der Waals surface area contributed by atoms with Gasteiger partial charge in [0.05, 0.1) is 6.61 Å². The Morgan fingerprint density at radius 1 is 1.30 bits per heavy atom. The van der Waals surface area contributed by atoms with Gasteiger partial charge in [-0.1, -0.05) is 31.5 Å². The van der Waals surface area contributed by atoms with E-state index in [-0.39, 0.29) is 0 Å². The predicted molar refractivity (Wildman–Crippen MR) is 84.0 cm³/mol. The van der Waals surface area contributed by atoms with Crippen LogP contribution in [-0.2, 0) is 0 Å². The van der Waals surface area contributed by atoms with Gasteiger partial charge >= 0.3 is 0 Å². The summed E-state index contributed by atoms with van der Waals surface area (Å²) in [6.45, 7) is 6.16. The van der Waals surface area contributed by atoms with Crippen LogP contribution in [0.15, 0.2) is 30.3 Å². The van der Waals surface area contributed by atoms with Crippen molar-refractivity contribution >= 4 is 0 Å². The minimum Gasteiger partial charge on any atom is -0.494 e. The molecule has 2 N–H and O–H groups in total. The Balaban J connectivity index is 1.72. The molecule has 3 heteroatoms. The van der Waals surface area contributed by atoms with E-state index in [2.05, 4.69) is 11.8 Å². The fraction of sp³-hybridized carbons (Fsp3) is 0.647. The summed E-state index contributed by atoms with van der Waals surface area (Å²) in [6.07, 6.45) is 4.98. The number of piperidine rings is 1. The summed E-state index contributed by atoms with van der Waals surface area (Å²) in [6, 6.07) is 10.6. The molecule has 2 unspecified atom stereocenters. The van der Waals surface area contributed by atoms with E-state index < -0.39 is 0 Å². The number of nitrogens with zero attached hydrogens (tertiary/aromatic N) is 1. The Morgan fingerprint density at radius 2 is 2.10 bits per heavy atom. The maximum Gasteiger partial charge on any atom is 0.119 e. The predicted octanol–water partition coefficient (Wildman–Crippen LogP) is 2.90. The number of hydrogen-bond acceptors (Lipinski definition) is 3. The Bertz CT molecular complexity index is 369. The second kappa shape index (κ2) is 8.28. The maximum absolute atomic E-state index is 5.98. The van der Waals surface area contributed by atoms with Gasteiger partial charge in [-0.15, -0.1) is 0 Å². The van der Waals surface area contributed by atoms with Gasteiger partial charge in [-0.25, -0.2) is 0 Å². The highest BCUT2D eigenvalue weighted by Crippen LogP contribution is 2.25. The van der Waals surface area contributed by atoms with Gasteiger partial charge in [0.15, 0.2) is 0 Å². The van der Waals surface area contributed by atoms with Crippen molar-refractivity contribution in [3.63, 3.8) is 0 Å². The Hall–Kier alpha value is -1.06. The molecule has 1 heterocycles. The SMILES string of the molecule is CCC1CCCN(CCCOc2ccccc2)C1CN. The molecule has 0 aromatic heterocycles. The first kappa shape index (κ1) is 15.3. The van der Waals surface area contributed by atoms with Crippen molar-refractivity contribution in [1.82, 2.24) is 4.90 Å². The van der Waals surface area contributed by atoms with Crippen molar-refractivity contribution < 1.29 is 4.74 Å². The van der Waals surface area contributed by atoms with Crippen molar-refractivity contribution in [3.05, 3.63) is 30.3 Å². The van der Waals surface area contributed by atoms with E-state index >= 15 is 0 Å². The molecule has 0 amide bonds. The lowest BCUT2D eigenvalue weighted by atomic mass is 9.87. The topological polar surface area (TPSA) is 38.5 Å². The van der Waals surface area contributed by atoms with Crippen LogP contribution in [0, 0.1) is 5.92 Å². The quantitative estimate of drug-likeness (QED) is 0.778. The van der Waals surface area contributed by atoms with E-state index in [1.165, 1.54) is 25.8 Å². The van der Waals surface area contributed by atoms with Gasteiger partial charge in [-0.3, -0.25) is 4.90 Å². The van der Waals surface area contributed by atoms with E-state index in [9.17, 15) is 0 Å². The normalized spacial score (nSPS) is 23.7. The van der Waals surface area contributed by atoms with Gasteiger partial charge in [-0.2, -0.15) is 0 Å². The highest BCUT2D eigenvalue weighted by molar-refractivity contribution is 5.20. The lowest BCUT2D eigenvalue weighted by Crippen LogP contribution is -2.49. The molecule has 20 heavy (non-hydrogen) atoms. The highest BCUT2D eigenvalue weighted by Gasteiger charge is 2.28. The van der Waals surface area contributed by atoms with E-state index in [0.717, 1.165) is 37.8 Å². The molecule has 1 aliphatic rings. The lowest BCUT2D eigenvalue weighted by molar-refractivity contribution is 0.0893. The number of rotatable bonds is 7. The molecule has 1 aliphatic heterocycles. The summed E-state index contributed by atoms with van der Waals surface area (Å²) < 4.78 is 5.76. The number of ether oxygens (including phenoxy) is 1. The Labute approximate surface area is 123 Å². The zero-order valence-corrected chi connectivity index (χ0v) is 12.6. The fourth-order valence-electron chi connectivity index (χ4n) is 3.28. The molecular weight excluding hydrogens is 248 g/mol. The molecule has 112 valence electrons. The van der Waals surface area contributed by atoms with Crippen LogP contribution in [0.1, 0.15) is 32.6 Å². The molecule has 3 nitrogen and oxygen atoms in total. The molecule has 0 bridgehead atoms. The molecule has 0 spiro atoms. The molecular formula is C17H28N2O. The highest BCUT2D eigenvalue weighted by atomic mass is 16.5. The third-order valence-electron chi connectivity index (χ3n) is 4.40. The Morgan fingerprint density at radius 3 is 2.80 bits per heavy atom. The summed E-state index contributed by atoms with van der Waals surface area (Å²) in [5.74, 6) is 1.75. The molecule has 0 radical (unpaired) electrons. The molecule has 1 aromatic carbocycles. The van der Waals surface area contributed by atoms with Crippen molar-refractivity contribution in [1.29, 1.82) is 0 Å². The van der Waals surface area contributed by atoms with Crippen molar-refractivity contribution in [2.75, 3.05) is 26.2 Å². The maximum atomic E-state index is 5.98. The third kappa shape index (κ3) is 4.22. The number of benzene rings is 1. The molecule has 1 aromatic rings. The number of para-hydroxylation sites is 1. The molecule has 0 saturated carbocycles. The van der Waals surface area contributed by atoms with E-state index in [1.54, 1.807) is 0 Å². The van der Waals surface area contributed by atoms with Gasteiger partial charge in [0.25, 0.3) is 0 Å². The van der Waals surface area contributed by atoms with E-state index in [0.29, 0.717) is 6.04 Å². The third-order valence-corrected chi connectivity index (χ3v) is 4.40. The van der Waals surface area contributed by atoms with Crippen LogP contribution in [-0.4, -0.2) is 37.2 Å². The number of nitrogens with two attached hydrogens (primary N) is 1. The summed E-state index contributed by atoms with van der Waals surface area (Å²) in [4.78, 5) is 2.58. The van der Waals surface area contributed by atoms with Gasteiger partial charge in [0, 0.05) is 19.1 Å². The van der Waals surface area contributed by atoms with Gasteiger partial charge in [0.1, 0.15) is 5.75 Å². The van der Waals surface area contributed by atoms with Crippen LogP contribution in [0.2, 0.25) is 0 Å². The zero-order valence-electron chi connectivity index (χ0n) is 12.6. The van der Waals surface area contributed by atoms with Crippen molar-refractivity contribution in [2.24, 2.45) is 11.7 Å². The molecule has 1 fully saturated rings. The summed E-state index contributed by atoms with van der Waals surface area (Å²) in [5.41, 5.74) is 5.98. The van der Waals surface area contributed by atoms with Crippen molar-refractivity contribution in [3.8, 4) is 5.75 Å². The fourth-order valence-corrected chi connectivity index (χ4v) is 3.28. The second-order valence-corrected chi connectivity index (χ2v) is 5.66. The first-order valence-electron chi connectivity index (χ1n) is 7.97. The van der Waals surface area contributed by atoms with E-state index in [1.807, 2.05) is 30.3 Å². The number of likely N-dealkylation sites (tertiary alicyclic amines) is 1. The molecule has 1 saturated heterocycles. The van der Waals surface area contributed by atoms with Crippen LogP contribution in [0.4, 0.5) is 0 Å². The van der Waals surface area contributed by atoms with Crippen LogP contribution in [0.3, 0.4) is 0 Å². The van der Waals surface area contributed by atoms with Gasteiger partial charge < -0.3 is 10.5 Å². The molecule has 2 atom stereocenters. The van der Waals surface area contributed by atoms with Crippen LogP contribution in [0.25, 0.3) is 0 Å². The van der Waals surface area contributed by atoms with Gasteiger partial charge in [-0.05, 0) is 43.9 Å².